The zero-order chi connectivity index (χ0) is 29.4. The van der Waals surface area contributed by atoms with Crippen molar-refractivity contribution in [2.75, 3.05) is 18.0 Å². The van der Waals surface area contributed by atoms with Gasteiger partial charge in [-0.3, -0.25) is 4.79 Å². The van der Waals surface area contributed by atoms with Crippen molar-refractivity contribution in [3.05, 3.63) is 71.7 Å². The molecule has 13 heteroatoms. The van der Waals surface area contributed by atoms with E-state index in [-0.39, 0.29) is 24.0 Å². The smallest absolute Gasteiger partial charge is 0.349 e. The Bertz CT molecular complexity index is 1520. The summed E-state index contributed by atoms with van der Waals surface area (Å²) in [5.74, 6) is -0.653. The summed E-state index contributed by atoms with van der Waals surface area (Å²) >= 11 is 0. The first-order valence-corrected chi connectivity index (χ1v) is 14.7. The zero-order valence-corrected chi connectivity index (χ0v) is 23.1. The summed E-state index contributed by atoms with van der Waals surface area (Å²) in [5, 5.41) is 2.78. The van der Waals surface area contributed by atoms with Crippen LogP contribution < -0.4 is 10.2 Å². The second kappa shape index (κ2) is 11.4. The SMILES string of the molecule is C[C@@H]1CCCN1c1nc(CNC(=O)[C@H]2CCCN2S(=O)(=O)c2ccc(F)cc2)cc(-c2ccc(C(F)(F)F)cc2)n1. The lowest BCUT2D eigenvalue weighted by Gasteiger charge is -2.24. The minimum Gasteiger partial charge on any atom is -0.349 e. The van der Waals surface area contributed by atoms with Crippen molar-refractivity contribution in [3.63, 3.8) is 0 Å². The molecule has 0 aliphatic carbocycles. The van der Waals surface area contributed by atoms with Gasteiger partial charge in [0.1, 0.15) is 11.9 Å². The molecular formula is C28H29F4N5O3S. The first-order valence-electron chi connectivity index (χ1n) is 13.3. The van der Waals surface area contributed by atoms with E-state index >= 15 is 0 Å². The van der Waals surface area contributed by atoms with Gasteiger partial charge in [0.15, 0.2) is 0 Å². The number of nitrogens with one attached hydrogen (secondary N) is 1. The number of carbonyl (C=O) groups excluding carboxylic acids is 1. The molecule has 1 aromatic heterocycles. The number of nitrogens with zero attached hydrogens (tertiary/aromatic N) is 4. The van der Waals surface area contributed by atoms with Gasteiger partial charge in [-0.15, -0.1) is 0 Å². The molecule has 3 aromatic rings. The molecule has 1 amide bonds. The van der Waals surface area contributed by atoms with Gasteiger partial charge in [0.25, 0.3) is 0 Å². The summed E-state index contributed by atoms with van der Waals surface area (Å²) in [6.07, 6.45) is -1.76. The van der Waals surface area contributed by atoms with Crippen molar-refractivity contribution in [3.8, 4) is 11.3 Å². The van der Waals surface area contributed by atoms with E-state index in [4.69, 9.17) is 0 Å². The van der Waals surface area contributed by atoms with E-state index in [2.05, 4.69) is 15.3 Å². The van der Waals surface area contributed by atoms with Gasteiger partial charge < -0.3 is 10.2 Å². The number of alkyl halides is 3. The van der Waals surface area contributed by atoms with E-state index in [1.807, 2.05) is 11.8 Å². The maximum absolute atomic E-state index is 13.3. The lowest BCUT2D eigenvalue weighted by Crippen LogP contribution is -2.45. The van der Waals surface area contributed by atoms with Crippen molar-refractivity contribution in [2.24, 2.45) is 0 Å². The number of hydrogen-bond acceptors (Lipinski definition) is 6. The largest absolute Gasteiger partial charge is 0.416 e. The molecule has 0 saturated carbocycles. The predicted octanol–water partition coefficient (Wildman–Crippen LogP) is 4.76. The van der Waals surface area contributed by atoms with Crippen molar-refractivity contribution >= 4 is 21.9 Å². The van der Waals surface area contributed by atoms with Gasteiger partial charge >= 0.3 is 6.18 Å². The summed E-state index contributed by atoms with van der Waals surface area (Å²) in [5.41, 5.74) is 0.540. The number of benzene rings is 2. The molecular weight excluding hydrogens is 562 g/mol. The standard InChI is InChI=1S/C28H29F4N5O3S/c1-18-4-2-14-36(18)27-34-22(16-24(35-27)19-6-8-20(9-7-19)28(30,31)32)17-33-26(38)25-5-3-15-37(25)41(39,40)23-12-10-21(29)11-13-23/h6-13,16,18,25H,2-5,14-15,17H2,1H3,(H,33,38)/t18-,25-/m1/s1. The van der Waals surface area contributed by atoms with Crippen molar-refractivity contribution in [1.82, 2.24) is 19.6 Å². The Morgan fingerprint density at radius 3 is 2.32 bits per heavy atom. The first kappa shape index (κ1) is 28.9. The summed E-state index contributed by atoms with van der Waals surface area (Å²) < 4.78 is 80.1. The Balaban J connectivity index is 1.37. The summed E-state index contributed by atoms with van der Waals surface area (Å²) in [4.78, 5) is 24.4. The molecule has 1 N–H and O–H groups in total. The molecule has 0 bridgehead atoms. The van der Waals surface area contributed by atoms with Crippen LogP contribution in [0.1, 0.15) is 43.9 Å². The Hall–Kier alpha value is -3.58. The molecule has 2 fully saturated rings. The molecule has 5 rings (SSSR count). The zero-order valence-electron chi connectivity index (χ0n) is 22.2. The highest BCUT2D eigenvalue weighted by Gasteiger charge is 2.39. The topological polar surface area (TPSA) is 95.5 Å². The number of anilines is 1. The highest BCUT2D eigenvalue weighted by molar-refractivity contribution is 7.89. The number of hydrogen-bond donors (Lipinski definition) is 1. The number of aromatic nitrogens is 2. The van der Waals surface area contributed by atoms with Gasteiger partial charge in [0.2, 0.25) is 21.9 Å². The van der Waals surface area contributed by atoms with Crippen molar-refractivity contribution < 1.29 is 30.8 Å². The molecule has 2 atom stereocenters. The Labute approximate surface area is 235 Å². The van der Waals surface area contributed by atoms with Crippen LogP contribution in [-0.2, 0) is 27.5 Å². The number of sulfonamides is 1. The van der Waals surface area contributed by atoms with Crippen molar-refractivity contribution in [1.29, 1.82) is 0 Å². The van der Waals surface area contributed by atoms with Crippen LogP contribution in [0.25, 0.3) is 11.3 Å². The van der Waals surface area contributed by atoms with Crippen LogP contribution in [0.3, 0.4) is 0 Å². The van der Waals surface area contributed by atoms with Gasteiger partial charge in [0, 0.05) is 24.7 Å². The van der Waals surface area contributed by atoms with Crippen LogP contribution in [0.5, 0.6) is 0 Å². The van der Waals surface area contributed by atoms with E-state index < -0.39 is 39.5 Å². The van der Waals surface area contributed by atoms with E-state index in [1.165, 1.54) is 24.3 Å². The summed E-state index contributed by atoms with van der Waals surface area (Å²) in [6, 6.07) is 9.97. The molecule has 8 nitrogen and oxygen atoms in total. The molecule has 0 spiro atoms. The predicted molar refractivity (Wildman–Crippen MR) is 144 cm³/mol. The third-order valence-electron chi connectivity index (χ3n) is 7.46. The molecule has 3 heterocycles. The molecule has 41 heavy (non-hydrogen) atoms. The Morgan fingerprint density at radius 2 is 1.68 bits per heavy atom. The fraction of sp³-hybridized carbons (Fsp3) is 0.393. The first-order chi connectivity index (χ1) is 19.4. The minimum atomic E-state index is -4.46. The number of rotatable bonds is 7. The molecule has 2 aliphatic rings. The fourth-order valence-electron chi connectivity index (χ4n) is 5.24. The van der Waals surface area contributed by atoms with Crippen molar-refractivity contribution in [2.45, 2.75) is 62.3 Å². The van der Waals surface area contributed by atoms with Crippen LogP contribution in [0.2, 0.25) is 0 Å². The monoisotopic (exact) mass is 591 g/mol. The van der Waals surface area contributed by atoms with Crippen LogP contribution in [-0.4, -0.2) is 53.8 Å². The van der Waals surface area contributed by atoms with Crippen LogP contribution >= 0.6 is 0 Å². The van der Waals surface area contributed by atoms with Crippen LogP contribution in [0.4, 0.5) is 23.5 Å². The normalized spacial score (nSPS) is 20.0. The van der Waals surface area contributed by atoms with E-state index in [9.17, 15) is 30.8 Å². The van der Waals surface area contributed by atoms with Gasteiger partial charge in [0.05, 0.1) is 28.4 Å². The highest BCUT2D eigenvalue weighted by Crippen LogP contribution is 2.32. The average molecular weight is 592 g/mol. The second-order valence-corrected chi connectivity index (χ2v) is 12.1. The maximum Gasteiger partial charge on any atom is 0.416 e. The van der Waals surface area contributed by atoms with Crippen LogP contribution in [0, 0.1) is 5.82 Å². The van der Waals surface area contributed by atoms with Gasteiger partial charge in [-0.05, 0) is 75.1 Å². The summed E-state index contributed by atoms with van der Waals surface area (Å²) in [6.45, 7) is 2.88. The van der Waals surface area contributed by atoms with Gasteiger partial charge in [-0.1, -0.05) is 12.1 Å². The third kappa shape index (κ3) is 6.20. The highest BCUT2D eigenvalue weighted by atomic mass is 32.2. The lowest BCUT2D eigenvalue weighted by molar-refractivity contribution is -0.137. The average Bonchev–Trinajstić information content (AvgIpc) is 3.61. The number of carbonyl (C=O) groups is 1. The number of amides is 1. The van der Waals surface area contributed by atoms with Gasteiger partial charge in [-0.2, -0.15) is 17.5 Å². The summed E-state index contributed by atoms with van der Waals surface area (Å²) in [7, 11) is -4.02. The second-order valence-electron chi connectivity index (χ2n) is 10.2. The minimum absolute atomic E-state index is 0.0366. The molecule has 218 valence electrons. The fourth-order valence-corrected chi connectivity index (χ4v) is 6.89. The molecule has 0 radical (unpaired) electrons. The van der Waals surface area contributed by atoms with E-state index in [0.29, 0.717) is 35.7 Å². The maximum atomic E-state index is 13.3. The molecule has 0 unspecified atom stereocenters. The lowest BCUT2D eigenvalue weighted by atomic mass is 10.1. The van der Waals surface area contributed by atoms with E-state index in [1.54, 1.807) is 6.07 Å². The Morgan fingerprint density at radius 1 is 1.00 bits per heavy atom. The quantitative estimate of drug-likeness (QED) is 0.398. The molecule has 2 aromatic carbocycles. The van der Waals surface area contributed by atoms with Gasteiger partial charge in [-0.25, -0.2) is 22.8 Å². The molecule has 2 aliphatic heterocycles. The number of halogens is 4. The Kier molecular flexibility index (Phi) is 8.02. The van der Waals surface area contributed by atoms with E-state index in [0.717, 1.165) is 48.0 Å². The van der Waals surface area contributed by atoms with Crippen LogP contribution in [0.15, 0.2) is 59.5 Å². The molecule has 2 saturated heterocycles. The third-order valence-corrected chi connectivity index (χ3v) is 9.38.